The number of likely N-dealkylation sites (tertiary alicyclic amines) is 1. The summed E-state index contributed by atoms with van der Waals surface area (Å²) in [6.45, 7) is 6.08. The van der Waals surface area contributed by atoms with Crippen LogP contribution in [0.5, 0.6) is 0 Å². The fourth-order valence-corrected chi connectivity index (χ4v) is 5.74. The summed E-state index contributed by atoms with van der Waals surface area (Å²) in [6, 6.07) is 8.63. The molecule has 5 rings (SSSR count). The molecule has 2 aromatic rings. The van der Waals surface area contributed by atoms with Gasteiger partial charge in [0.2, 0.25) is 11.9 Å². The van der Waals surface area contributed by atoms with E-state index in [1.54, 1.807) is 24.5 Å². The van der Waals surface area contributed by atoms with Gasteiger partial charge in [0.1, 0.15) is 5.82 Å². The van der Waals surface area contributed by atoms with Crippen molar-refractivity contribution in [3.63, 3.8) is 0 Å². The number of rotatable bonds is 4. The first-order chi connectivity index (χ1) is 15.9. The first kappa shape index (κ1) is 22.3. The smallest absolute Gasteiger partial charge is 0.228 e. The van der Waals surface area contributed by atoms with Crippen molar-refractivity contribution in [2.75, 3.05) is 37.7 Å². The third-order valence-corrected chi connectivity index (χ3v) is 7.97. The minimum atomic E-state index is -0.318. The largest absolute Gasteiger partial charge is 0.377 e. The molecule has 3 fully saturated rings. The highest BCUT2D eigenvalue weighted by molar-refractivity contribution is 5.82. The Morgan fingerprint density at radius 1 is 1.09 bits per heavy atom. The third kappa shape index (κ3) is 4.74. The molecule has 176 valence electrons. The highest BCUT2D eigenvalue weighted by Crippen LogP contribution is 2.44. The number of anilines is 1. The summed E-state index contributed by atoms with van der Waals surface area (Å²) in [5, 5.41) is 0. The first-order valence-electron chi connectivity index (χ1n) is 12.1. The van der Waals surface area contributed by atoms with Gasteiger partial charge in [-0.15, -0.1) is 0 Å². The van der Waals surface area contributed by atoms with E-state index in [2.05, 4.69) is 26.7 Å². The Kier molecular flexibility index (Phi) is 6.08. The second kappa shape index (κ2) is 9.01. The minimum absolute atomic E-state index is 0.135. The summed E-state index contributed by atoms with van der Waals surface area (Å²) >= 11 is 0. The number of benzene rings is 1. The van der Waals surface area contributed by atoms with Crippen LogP contribution in [0.15, 0.2) is 42.7 Å². The Morgan fingerprint density at radius 3 is 2.52 bits per heavy atom. The zero-order chi connectivity index (χ0) is 22.9. The lowest BCUT2D eigenvalue weighted by Crippen LogP contribution is -2.52. The summed E-state index contributed by atoms with van der Waals surface area (Å²) < 4.78 is 19.6. The minimum Gasteiger partial charge on any atom is -0.377 e. The van der Waals surface area contributed by atoms with Crippen molar-refractivity contribution >= 4 is 11.9 Å². The average molecular weight is 453 g/mol. The van der Waals surface area contributed by atoms with E-state index in [0.29, 0.717) is 5.91 Å². The van der Waals surface area contributed by atoms with E-state index < -0.39 is 0 Å². The molecule has 0 unspecified atom stereocenters. The standard InChI is InChI=1S/C26H33FN4O2/c1-25(6-12-31(13-7-25)24-28-10-3-11-29-24)23(32)30-14-8-26(9-15-30)18-22(33-19-26)17-20-4-2-5-21(27)16-20/h2-5,10-11,16,22H,6-9,12-15,17-19H2,1H3/t22-/m1/s1. The van der Waals surface area contributed by atoms with Gasteiger partial charge < -0.3 is 14.5 Å². The molecule has 7 heteroatoms. The monoisotopic (exact) mass is 452 g/mol. The number of hydrogen-bond acceptors (Lipinski definition) is 5. The molecule has 6 nitrogen and oxygen atoms in total. The number of piperidine rings is 2. The Bertz CT molecular complexity index is 969. The Labute approximate surface area is 195 Å². The number of carbonyl (C=O) groups is 1. The van der Waals surface area contributed by atoms with Crippen molar-refractivity contribution in [2.45, 2.75) is 51.6 Å². The van der Waals surface area contributed by atoms with Crippen LogP contribution < -0.4 is 4.90 Å². The maximum absolute atomic E-state index is 13.5. The van der Waals surface area contributed by atoms with Gasteiger partial charge in [0.05, 0.1) is 12.7 Å². The van der Waals surface area contributed by atoms with E-state index in [9.17, 15) is 9.18 Å². The summed E-state index contributed by atoms with van der Waals surface area (Å²) in [6.07, 6.45) is 9.03. The van der Waals surface area contributed by atoms with E-state index in [4.69, 9.17) is 4.74 Å². The first-order valence-corrected chi connectivity index (χ1v) is 12.1. The maximum atomic E-state index is 13.5. The summed E-state index contributed by atoms with van der Waals surface area (Å²) in [5.41, 5.74) is 0.829. The van der Waals surface area contributed by atoms with E-state index in [-0.39, 0.29) is 22.8 Å². The molecular formula is C26H33FN4O2. The Balaban J connectivity index is 1.13. The lowest BCUT2D eigenvalue weighted by molar-refractivity contribution is -0.145. The molecule has 1 aromatic heterocycles. The lowest BCUT2D eigenvalue weighted by Gasteiger charge is -2.44. The maximum Gasteiger partial charge on any atom is 0.228 e. The lowest BCUT2D eigenvalue weighted by atomic mass is 9.74. The predicted molar refractivity (Wildman–Crippen MR) is 124 cm³/mol. The van der Waals surface area contributed by atoms with Gasteiger partial charge in [0.25, 0.3) is 0 Å². The zero-order valence-electron chi connectivity index (χ0n) is 19.4. The van der Waals surface area contributed by atoms with Crippen molar-refractivity contribution in [1.82, 2.24) is 14.9 Å². The van der Waals surface area contributed by atoms with Crippen molar-refractivity contribution in [1.29, 1.82) is 0 Å². The Hall–Kier alpha value is -2.54. The molecule has 0 bridgehead atoms. The fraction of sp³-hybridized carbons (Fsp3) is 0.577. The van der Waals surface area contributed by atoms with Crippen molar-refractivity contribution in [2.24, 2.45) is 10.8 Å². The van der Waals surface area contributed by atoms with Crippen LogP contribution in [0.25, 0.3) is 0 Å². The summed E-state index contributed by atoms with van der Waals surface area (Å²) in [4.78, 5) is 26.4. The molecule has 4 heterocycles. The van der Waals surface area contributed by atoms with Crippen LogP contribution in [0.2, 0.25) is 0 Å². The molecule has 3 aliphatic rings. The van der Waals surface area contributed by atoms with E-state index in [1.807, 2.05) is 12.1 Å². The van der Waals surface area contributed by atoms with Crippen LogP contribution in [-0.4, -0.2) is 59.7 Å². The quantitative estimate of drug-likeness (QED) is 0.705. The van der Waals surface area contributed by atoms with Crippen LogP contribution in [0, 0.1) is 16.6 Å². The van der Waals surface area contributed by atoms with Gasteiger partial charge in [-0.05, 0) is 67.7 Å². The molecule has 1 aromatic carbocycles. The summed E-state index contributed by atoms with van der Waals surface area (Å²) in [5.74, 6) is 0.852. The number of amides is 1. The fourth-order valence-electron chi connectivity index (χ4n) is 5.74. The van der Waals surface area contributed by atoms with Gasteiger partial charge in [0.15, 0.2) is 0 Å². The van der Waals surface area contributed by atoms with Gasteiger partial charge >= 0.3 is 0 Å². The molecule has 1 amide bonds. The number of nitrogens with zero attached hydrogens (tertiary/aromatic N) is 4. The molecule has 1 atom stereocenters. The SMILES string of the molecule is CC1(C(=O)N2CCC3(CC2)CO[C@H](Cc2cccc(F)c2)C3)CCN(c2ncccn2)CC1. The van der Waals surface area contributed by atoms with E-state index >= 15 is 0 Å². The van der Waals surface area contributed by atoms with Crippen LogP contribution in [0.1, 0.15) is 44.6 Å². The Morgan fingerprint density at radius 2 is 1.82 bits per heavy atom. The average Bonchev–Trinajstić information content (AvgIpc) is 3.22. The van der Waals surface area contributed by atoms with E-state index in [1.165, 1.54) is 6.07 Å². The predicted octanol–water partition coefficient (Wildman–Crippen LogP) is 3.86. The number of ether oxygens (including phenoxy) is 1. The normalized spacial score (nSPS) is 24.2. The molecule has 0 saturated carbocycles. The number of aromatic nitrogens is 2. The van der Waals surface area contributed by atoms with Gasteiger partial charge in [-0.2, -0.15) is 0 Å². The molecule has 1 spiro atoms. The molecule has 0 radical (unpaired) electrons. The number of halogens is 1. The highest BCUT2D eigenvalue weighted by Gasteiger charge is 2.46. The number of hydrogen-bond donors (Lipinski definition) is 0. The summed E-state index contributed by atoms with van der Waals surface area (Å²) in [7, 11) is 0. The van der Waals surface area contributed by atoms with Crippen LogP contribution >= 0.6 is 0 Å². The van der Waals surface area contributed by atoms with Crippen molar-refractivity contribution < 1.29 is 13.9 Å². The van der Waals surface area contributed by atoms with Crippen molar-refractivity contribution in [3.05, 3.63) is 54.1 Å². The molecule has 0 aliphatic carbocycles. The molecule has 0 N–H and O–H groups in total. The van der Waals surface area contributed by atoms with Crippen molar-refractivity contribution in [3.8, 4) is 0 Å². The van der Waals surface area contributed by atoms with Gasteiger partial charge in [-0.25, -0.2) is 14.4 Å². The second-order valence-corrected chi connectivity index (χ2v) is 10.4. The van der Waals surface area contributed by atoms with Crippen LogP contribution in [-0.2, 0) is 16.0 Å². The van der Waals surface area contributed by atoms with Gasteiger partial charge in [-0.1, -0.05) is 19.1 Å². The van der Waals surface area contributed by atoms with Crippen LogP contribution in [0.3, 0.4) is 0 Å². The van der Waals surface area contributed by atoms with E-state index in [0.717, 1.165) is 82.8 Å². The zero-order valence-corrected chi connectivity index (χ0v) is 19.4. The van der Waals surface area contributed by atoms with Crippen LogP contribution in [0.4, 0.5) is 10.3 Å². The van der Waals surface area contributed by atoms with Gasteiger partial charge in [-0.3, -0.25) is 4.79 Å². The molecular weight excluding hydrogens is 419 g/mol. The highest BCUT2D eigenvalue weighted by atomic mass is 19.1. The second-order valence-electron chi connectivity index (χ2n) is 10.4. The van der Waals surface area contributed by atoms with Gasteiger partial charge in [0, 0.05) is 44.0 Å². The molecule has 3 aliphatic heterocycles. The topological polar surface area (TPSA) is 58.6 Å². The number of carbonyl (C=O) groups excluding carboxylic acids is 1. The molecule has 33 heavy (non-hydrogen) atoms. The molecule has 3 saturated heterocycles. The third-order valence-electron chi connectivity index (χ3n) is 7.97.